The zero-order valence-electron chi connectivity index (χ0n) is 22.4. The summed E-state index contributed by atoms with van der Waals surface area (Å²) in [6, 6.07) is 22.3. The van der Waals surface area contributed by atoms with Crippen LogP contribution in [0.2, 0.25) is 0 Å². The summed E-state index contributed by atoms with van der Waals surface area (Å²) in [6.45, 7) is 0. The smallest absolute Gasteiger partial charge is 0.259 e. The lowest BCUT2D eigenvalue weighted by atomic mass is 10.0. The molecule has 0 atom stereocenters. The Labute approximate surface area is 244 Å². The van der Waals surface area contributed by atoms with E-state index in [2.05, 4.69) is 19.9 Å². The minimum absolute atomic E-state index is 0.122. The van der Waals surface area contributed by atoms with Crippen molar-refractivity contribution in [3.05, 3.63) is 137 Å². The van der Waals surface area contributed by atoms with E-state index in [0.29, 0.717) is 44.7 Å². The number of aldehydes is 1. The van der Waals surface area contributed by atoms with Gasteiger partial charge < -0.3 is 15.7 Å². The van der Waals surface area contributed by atoms with E-state index in [9.17, 15) is 19.2 Å². The molecule has 0 radical (unpaired) electrons. The number of nitrogens with one attached hydrogen (secondary N) is 2. The molecule has 4 aromatic heterocycles. The first kappa shape index (κ1) is 28.1. The molecule has 1 amide bonds. The van der Waals surface area contributed by atoms with Crippen LogP contribution in [0.25, 0.3) is 28.1 Å². The van der Waals surface area contributed by atoms with Crippen molar-refractivity contribution in [3.63, 3.8) is 0 Å². The molecule has 2 aromatic carbocycles. The molecule has 208 valence electrons. The van der Waals surface area contributed by atoms with Crippen LogP contribution in [0.15, 0.2) is 103 Å². The Hall–Kier alpha value is -6.47. The van der Waals surface area contributed by atoms with Gasteiger partial charge in [-0.25, -0.2) is 9.97 Å². The molecule has 0 fully saturated rings. The Kier molecular flexibility index (Phi) is 8.07. The number of rotatable bonds is 7. The number of hydrogen-bond donors (Lipinski definition) is 3. The topological polar surface area (TPSA) is 175 Å². The van der Waals surface area contributed by atoms with Crippen molar-refractivity contribution < 1.29 is 19.2 Å². The van der Waals surface area contributed by atoms with Crippen LogP contribution in [0.5, 0.6) is 0 Å². The van der Waals surface area contributed by atoms with Gasteiger partial charge in [0, 0.05) is 63.4 Å². The summed E-state index contributed by atoms with van der Waals surface area (Å²) in [6.07, 6.45) is 8.66. The molecule has 0 saturated heterocycles. The second-order valence-corrected chi connectivity index (χ2v) is 9.26. The lowest BCUT2D eigenvalue weighted by Gasteiger charge is -2.02. The molecule has 10 nitrogen and oxygen atoms in total. The number of nitrogens with zero attached hydrogens (tertiary/aromatic N) is 3. The average Bonchev–Trinajstić information content (AvgIpc) is 3.68. The summed E-state index contributed by atoms with van der Waals surface area (Å²) < 4.78 is 0. The lowest BCUT2D eigenvalue weighted by molar-refractivity contribution is -0.114. The number of pyridine rings is 2. The molecule has 0 unspecified atom stereocenters. The molecule has 10 heteroatoms. The number of fused-ring (bicyclic) bond motifs is 2. The molecule has 6 aromatic rings. The standard InChI is InChI=1S/C18H12N4O2.C15H10N2O2/c19-9-13(17(20)24)8-11-3-1-4-12(7-11)16(23)15-10-22-18-14(15)5-2-6-21-18;18-9-10-3-1-4-11(7-10)14(19)13-8-17-15-12(13)5-2-6-16-15/h1-8,10H,(H2,20,24)(H,21,22);1-9H,(H,16,17)/b13-8+;. The number of aromatic nitrogens is 4. The lowest BCUT2D eigenvalue weighted by Crippen LogP contribution is -2.12. The van der Waals surface area contributed by atoms with Crippen molar-refractivity contribution in [2.75, 3.05) is 0 Å². The molecule has 0 aliphatic rings. The molecular weight excluding hydrogens is 544 g/mol. The first-order valence-electron chi connectivity index (χ1n) is 12.9. The molecule has 4 heterocycles. The van der Waals surface area contributed by atoms with Gasteiger partial charge in [0.15, 0.2) is 11.6 Å². The number of amides is 1. The van der Waals surface area contributed by atoms with Gasteiger partial charge in [-0.3, -0.25) is 19.2 Å². The van der Waals surface area contributed by atoms with Gasteiger partial charge in [0.05, 0.1) is 0 Å². The maximum atomic E-state index is 12.7. The highest BCUT2D eigenvalue weighted by atomic mass is 16.1. The van der Waals surface area contributed by atoms with Crippen molar-refractivity contribution >= 4 is 51.9 Å². The third-order valence-corrected chi connectivity index (χ3v) is 6.52. The SMILES string of the molecule is N#C/C(=C\c1cccc(C(=O)c2c[nH]c3ncccc23)c1)C(N)=O.O=Cc1cccc(C(=O)c2c[nH]c3ncccc23)c1. The number of aromatic amines is 2. The Morgan fingerprint density at radius 2 is 1.26 bits per heavy atom. The highest BCUT2D eigenvalue weighted by Gasteiger charge is 2.16. The maximum absolute atomic E-state index is 12.7. The number of H-pyrrole nitrogens is 2. The van der Waals surface area contributed by atoms with Crippen LogP contribution >= 0.6 is 0 Å². The highest BCUT2D eigenvalue weighted by molar-refractivity contribution is 6.17. The van der Waals surface area contributed by atoms with E-state index >= 15 is 0 Å². The van der Waals surface area contributed by atoms with Gasteiger partial charge in [0.1, 0.15) is 29.2 Å². The Bertz CT molecular complexity index is 2100. The van der Waals surface area contributed by atoms with Crippen LogP contribution in [-0.4, -0.2) is 43.7 Å². The molecular formula is C33H22N6O4. The van der Waals surface area contributed by atoms with Crippen LogP contribution in [0.1, 0.15) is 47.8 Å². The molecule has 4 N–H and O–H groups in total. The summed E-state index contributed by atoms with van der Waals surface area (Å²) in [4.78, 5) is 61.3. The van der Waals surface area contributed by atoms with E-state index in [1.165, 1.54) is 6.08 Å². The number of primary amides is 1. The van der Waals surface area contributed by atoms with Gasteiger partial charge in [-0.1, -0.05) is 36.4 Å². The van der Waals surface area contributed by atoms with Gasteiger partial charge in [-0.05, 0) is 48.0 Å². The first-order chi connectivity index (χ1) is 20.9. The Morgan fingerprint density at radius 3 is 1.74 bits per heavy atom. The highest BCUT2D eigenvalue weighted by Crippen LogP contribution is 2.21. The zero-order chi connectivity index (χ0) is 30.3. The number of ketones is 2. The Morgan fingerprint density at radius 1 is 0.744 bits per heavy atom. The van der Waals surface area contributed by atoms with E-state index in [1.54, 1.807) is 91.5 Å². The van der Waals surface area contributed by atoms with E-state index in [0.717, 1.165) is 17.1 Å². The molecule has 0 aliphatic heterocycles. The summed E-state index contributed by atoms with van der Waals surface area (Å²) in [5.74, 6) is -1.11. The van der Waals surface area contributed by atoms with Crippen LogP contribution in [-0.2, 0) is 4.79 Å². The molecule has 0 spiro atoms. The number of nitriles is 1. The predicted octanol–water partition coefficient (Wildman–Crippen LogP) is 4.79. The predicted molar refractivity (Wildman–Crippen MR) is 160 cm³/mol. The second-order valence-electron chi connectivity index (χ2n) is 9.26. The summed E-state index contributed by atoms with van der Waals surface area (Å²) in [5.41, 5.74) is 9.31. The van der Waals surface area contributed by atoms with Gasteiger partial charge >= 0.3 is 0 Å². The first-order valence-corrected chi connectivity index (χ1v) is 12.9. The van der Waals surface area contributed by atoms with Crippen LogP contribution in [0, 0.1) is 11.3 Å². The van der Waals surface area contributed by atoms with Crippen molar-refractivity contribution in [2.24, 2.45) is 5.73 Å². The molecule has 0 saturated carbocycles. The summed E-state index contributed by atoms with van der Waals surface area (Å²) in [7, 11) is 0. The monoisotopic (exact) mass is 566 g/mol. The number of carbonyl (C=O) groups is 4. The summed E-state index contributed by atoms with van der Waals surface area (Å²) >= 11 is 0. The Balaban J connectivity index is 0.000000176. The number of benzene rings is 2. The van der Waals surface area contributed by atoms with Crippen LogP contribution in [0.3, 0.4) is 0 Å². The molecule has 0 aliphatic carbocycles. The van der Waals surface area contributed by atoms with Crippen LogP contribution < -0.4 is 5.73 Å². The van der Waals surface area contributed by atoms with E-state index < -0.39 is 5.91 Å². The average molecular weight is 567 g/mol. The van der Waals surface area contributed by atoms with Crippen molar-refractivity contribution in [1.29, 1.82) is 5.26 Å². The largest absolute Gasteiger partial charge is 0.365 e. The van der Waals surface area contributed by atoms with Crippen molar-refractivity contribution in [1.82, 2.24) is 19.9 Å². The summed E-state index contributed by atoms with van der Waals surface area (Å²) in [5, 5.41) is 10.4. The third kappa shape index (κ3) is 6.01. The van der Waals surface area contributed by atoms with Gasteiger partial charge in [-0.2, -0.15) is 5.26 Å². The fourth-order valence-electron chi connectivity index (χ4n) is 4.45. The number of hydrogen-bond acceptors (Lipinski definition) is 7. The molecule has 0 bridgehead atoms. The van der Waals surface area contributed by atoms with E-state index in [-0.39, 0.29) is 17.1 Å². The second kappa shape index (κ2) is 12.4. The van der Waals surface area contributed by atoms with E-state index in [4.69, 9.17) is 11.0 Å². The number of nitrogens with two attached hydrogens (primary N) is 1. The van der Waals surface area contributed by atoms with Gasteiger partial charge in [-0.15, -0.1) is 0 Å². The fourth-order valence-corrected chi connectivity index (χ4v) is 4.45. The van der Waals surface area contributed by atoms with Crippen molar-refractivity contribution in [2.45, 2.75) is 0 Å². The van der Waals surface area contributed by atoms with Gasteiger partial charge in [0.2, 0.25) is 0 Å². The third-order valence-electron chi connectivity index (χ3n) is 6.52. The van der Waals surface area contributed by atoms with Gasteiger partial charge in [0.25, 0.3) is 5.91 Å². The number of carbonyl (C=O) groups excluding carboxylic acids is 4. The molecule has 6 rings (SSSR count). The zero-order valence-corrected chi connectivity index (χ0v) is 22.4. The van der Waals surface area contributed by atoms with E-state index in [1.807, 2.05) is 12.1 Å². The maximum Gasteiger partial charge on any atom is 0.259 e. The quantitative estimate of drug-likeness (QED) is 0.108. The minimum Gasteiger partial charge on any atom is -0.365 e. The van der Waals surface area contributed by atoms with Crippen molar-refractivity contribution in [3.8, 4) is 6.07 Å². The minimum atomic E-state index is -0.808. The van der Waals surface area contributed by atoms with Crippen LogP contribution in [0.4, 0.5) is 0 Å². The molecule has 43 heavy (non-hydrogen) atoms. The fraction of sp³-hybridized carbons (Fsp3) is 0. The normalized spacial score (nSPS) is 10.9.